The van der Waals surface area contributed by atoms with E-state index in [-0.39, 0.29) is 11.9 Å². The summed E-state index contributed by atoms with van der Waals surface area (Å²) in [6, 6.07) is 10.2. The summed E-state index contributed by atoms with van der Waals surface area (Å²) in [4.78, 5) is 12.4. The van der Waals surface area contributed by atoms with E-state index in [1.807, 2.05) is 13.8 Å². The Morgan fingerprint density at radius 2 is 1.63 bits per heavy atom. The van der Waals surface area contributed by atoms with Crippen LogP contribution in [0.1, 0.15) is 37.3 Å². The van der Waals surface area contributed by atoms with E-state index in [9.17, 15) is 18.0 Å². The summed E-state index contributed by atoms with van der Waals surface area (Å²) in [6.07, 6.45) is -3.83. The maximum Gasteiger partial charge on any atom is 0.416 e. The number of methoxy groups -OCH3 is 2. The predicted octanol–water partition coefficient (Wildman–Crippen LogP) is 5.70. The second kappa shape index (κ2) is 10.5. The lowest BCUT2D eigenvalue weighted by atomic mass is 9.88. The van der Waals surface area contributed by atoms with Gasteiger partial charge in [0.1, 0.15) is 12.4 Å². The Bertz CT molecular complexity index is 829. The average Bonchev–Trinajstić information content (AvgIpc) is 2.70. The van der Waals surface area contributed by atoms with Crippen molar-refractivity contribution in [3.05, 3.63) is 53.6 Å². The van der Waals surface area contributed by atoms with Crippen LogP contribution in [0.25, 0.3) is 11.1 Å². The van der Waals surface area contributed by atoms with Crippen LogP contribution in [0.4, 0.5) is 13.2 Å². The Hall–Kier alpha value is -2.54. The summed E-state index contributed by atoms with van der Waals surface area (Å²) >= 11 is 0. The van der Waals surface area contributed by atoms with Gasteiger partial charge >= 0.3 is 12.1 Å². The predicted molar refractivity (Wildman–Crippen MR) is 108 cm³/mol. The van der Waals surface area contributed by atoms with E-state index in [0.29, 0.717) is 42.1 Å². The third-order valence-electron chi connectivity index (χ3n) is 4.63. The van der Waals surface area contributed by atoms with Crippen LogP contribution in [0.5, 0.6) is 5.75 Å². The van der Waals surface area contributed by atoms with Crippen LogP contribution in [0.3, 0.4) is 0 Å². The van der Waals surface area contributed by atoms with Crippen LogP contribution >= 0.6 is 0 Å². The van der Waals surface area contributed by atoms with E-state index in [4.69, 9.17) is 14.2 Å². The molecule has 0 heterocycles. The number of hydrogen-bond donors (Lipinski definition) is 0. The Labute approximate surface area is 175 Å². The second-order valence-corrected chi connectivity index (χ2v) is 7.41. The van der Waals surface area contributed by atoms with Crippen molar-refractivity contribution >= 4 is 5.97 Å². The highest BCUT2D eigenvalue weighted by Gasteiger charge is 2.30. The molecule has 1 atom stereocenters. The zero-order valence-electron chi connectivity index (χ0n) is 17.6. The third kappa shape index (κ3) is 6.49. The molecule has 0 N–H and O–H groups in total. The summed E-state index contributed by atoms with van der Waals surface area (Å²) < 4.78 is 54.4. The number of esters is 1. The molecule has 0 bridgehead atoms. The molecule has 1 unspecified atom stereocenters. The number of alkyl halides is 3. The van der Waals surface area contributed by atoms with Crippen LogP contribution < -0.4 is 4.74 Å². The molecule has 0 radical (unpaired) electrons. The van der Waals surface area contributed by atoms with Gasteiger partial charge in [0.25, 0.3) is 0 Å². The van der Waals surface area contributed by atoms with Crippen LogP contribution in [0, 0.1) is 5.92 Å². The molecule has 30 heavy (non-hydrogen) atoms. The molecule has 0 aliphatic heterocycles. The lowest BCUT2D eigenvalue weighted by molar-refractivity contribution is -0.143. The zero-order valence-corrected chi connectivity index (χ0v) is 17.6. The average molecular weight is 424 g/mol. The van der Waals surface area contributed by atoms with Crippen molar-refractivity contribution in [2.24, 2.45) is 5.92 Å². The van der Waals surface area contributed by atoms with E-state index in [0.717, 1.165) is 12.1 Å². The Balaban J connectivity index is 2.49. The van der Waals surface area contributed by atoms with Gasteiger partial charge in [-0.15, -0.1) is 0 Å². The van der Waals surface area contributed by atoms with Gasteiger partial charge in [-0.05, 0) is 53.3 Å². The largest absolute Gasteiger partial charge is 0.491 e. The van der Waals surface area contributed by atoms with Gasteiger partial charge in [-0.2, -0.15) is 13.2 Å². The van der Waals surface area contributed by atoms with E-state index in [1.165, 1.54) is 19.2 Å². The first-order chi connectivity index (χ1) is 14.2. The second-order valence-electron chi connectivity index (χ2n) is 7.41. The molecule has 0 aromatic heterocycles. The summed E-state index contributed by atoms with van der Waals surface area (Å²) in [5, 5.41) is 0. The fourth-order valence-corrected chi connectivity index (χ4v) is 3.15. The van der Waals surface area contributed by atoms with E-state index < -0.39 is 17.7 Å². The highest BCUT2D eigenvalue weighted by atomic mass is 19.4. The molecule has 0 fully saturated rings. The van der Waals surface area contributed by atoms with Gasteiger partial charge in [0.05, 0.1) is 25.2 Å². The monoisotopic (exact) mass is 424 g/mol. The third-order valence-corrected chi connectivity index (χ3v) is 4.63. The number of carbonyl (C=O) groups is 1. The summed E-state index contributed by atoms with van der Waals surface area (Å²) in [6.45, 7) is 4.70. The van der Waals surface area contributed by atoms with Gasteiger partial charge in [-0.1, -0.05) is 32.0 Å². The molecule has 2 aromatic rings. The van der Waals surface area contributed by atoms with Gasteiger partial charge in [-0.25, -0.2) is 0 Å². The smallest absolute Gasteiger partial charge is 0.416 e. The van der Waals surface area contributed by atoms with E-state index in [1.54, 1.807) is 25.3 Å². The molecule has 164 valence electrons. The Morgan fingerprint density at radius 1 is 0.967 bits per heavy atom. The molecule has 4 nitrogen and oxygen atoms in total. The molecule has 2 aromatic carbocycles. The summed E-state index contributed by atoms with van der Waals surface area (Å²) in [5.74, 6) is -0.121. The van der Waals surface area contributed by atoms with E-state index in [2.05, 4.69) is 0 Å². The molecule has 0 saturated heterocycles. The van der Waals surface area contributed by atoms with Crippen molar-refractivity contribution in [2.45, 2.75) is 32.4 Å². The topological polar surface area (TPSA) is 44.8 Å². The number of carbonyl (C=O) groups excluding carboxylic acids is 1. The first-order valence-electron chi connectivity index (χ1n) is 9.68. The standard InChI is InChI=1S/C23H27F3O4/c1-15(2)11-21(22(27)29-4)18-12-17(13-20(14-18)30-10-9-28-3)16-5-7-19(8-6-16)23(24,25)26/h5-8,12-15,21H,9-11H2,1-4H3. The molecular formula is C23H27F3O4. The number of halogens is 3. The maximum absolute atomic E-state index is 12.9. The molecule has 0 spiro atoms. The van der Waals surface area contributed by atoms with Crippen molar-refractivity contribution in [3.8, 4) is 16.9 Å². The fourth-order valence-electron chi connectivity index (χ4n) is 3.15. The molecule has 0 aliphatic carbocycles. The van der Waals surface area contributed by atoms with Gasteiger partial charge in [0, 0.05) is 7.11 Å². The number of benzene rings is 2. The van der Waals surface area contributed by atoms with Crippen molar-refractivity contribution in [3.63, 3.8) is 0 Å². The maximum atomic E-state index is 12.9. The number of rotatable bonds is 9. The van der Waals surface area contributed by atoms with Crippen LogP contribution in [-0.2, 0) is 20.4 Å². The zero-order chi connectivity index (χ0) is 22.3. The minimum absolute atomic E-state index is 0.238. The lowest BCUT2D eigenvalue weighted by Crippen LogP contribution is -2.17. The first kappa shape index (κ1) is 23.7. The van der Waals surface area contributed by atoms with Gasteiger partial charge in [-0.3, -0.25) is 4.79 Å². The Kier molecular flexibility index (Phi) is 8.29. The quantitative estimate of drug-likeness (QED) is 0.383. The molecule has 0 aliphatic rings. The minimum Gasteiger partial charge on any atom is -0.491 e. The Morgan fingerprint density at radius 3 is 2.17 bits per heavy atom. The summed E-state index contributed by atoms with van der Waals surface area (Å²) in [7, 11) is 2.90. The van der Waals surface area contributed by atoms with Crippen molar-refractivity contribution in [2.75, 3.05) is 27.4 Å². The molecule has 7 heteroatoms. The van der Waals surface area contributed by atoms with Crippen molar-refractivity contribution < 1.29 is 32.2 Å². The number of hydrogen-bond acceptors (Lipinski definition) is 4. The van der Waals surface area contributed by atoms with Gasteiger partial charge < -0.3 is 14.2 Å². The van der Waals surface area contributed by atoms with Crippen molar-refractivity contribution in [1.82, 2.24) is 0 Å². The highest BCUT2D eigenvalue weighted by molar-refractivity contribution is 5.79. The number of ether oxygens (including phenoxy) is 3. The van der Waals surface area contributed by atoms with Crippen LogP contribution in [-0.4, -0.2) is 33.4 Å². The molecule has 0 amide bonds. The SMILES string of the molecule is COCCOc1cc(-c2ccc(C(F)(F)F)cc2)cc(C(CC(C)C)C(=O)OC)c1. The van der Waals surface area contributed by atoms with Crippen molar-refractivity contribution in [1.29, 1.82) is 0 Å². The molecule has 2 rings (SSSR count). The van der Waals surface area contributed by atoms with E-state index >= 15 is 0 Å². The normalized spacial score (nSPS) is 12.7. The van der Waals surface area contributed by atoms with Crippen LogP contribution in [0.2, 0.25) is 0 Å². The molecular weight excluding hydrogens is 397 g/mol. The highest BCUT2D eigenvalue weighted by Crippen LogP contribution is 2.35. The fraction of sp³-hybridized carbons (Fsp3) is 0.435. The molecule has 0 saturated carbocycles. The summed E-state index contributed by atoms with van der Waals surface area (Å²) in [5.41, 5.74) is 1.23. The first-order valence-corrected chi connectivity index (χ1v) is 9.68. The van der Waals surface area contributed by atoms with Gasteiger partial charge in [0.15, 0.2) is 0 Å². The van der Waals surface area contributed by atoms with Crippen LogP contribution in [0.15, 0.2) is 42.5 Å². The van der Waals surface area contributed by atoms with Gasteiger partial charge in [0.2, 0.25) is 0 Å². The lowest BCUT2D eigenvalue weighted by Gasteiger charge is -2.19. The minimum atomic E-state index is -4.40.